The summed E-state index contributed by atoms with van der Waals surface area (Å²) in [7, 11) is 0. The largest absolute Gasteiger partial charge is 0.481 e. The molecule has 0 unspecified atom stereocenters. The normalized spacial score (nSPS) is 16.3. The number of aliphatic carboxylic acids is 1. The SMILES string of the molecule is Cc1ccc2oc(C(=O)N3CCC(C(=O)O)CC3)cc2n1. The minimum absolute atomic E-state index is 0.200. The van der Waals surface area contributed by atoms with Gasteiger partial charge in [0.2, 0.25) is 0 Å². The molecule has 6 heteroatoms. The molecule has 1 N–H and O–H groups in total. The molecule has 1 aliphatic rings. The second-order valence-corrected chi connectivity index (χ2v) is 5.35. The Hall–Kier alpha value is -2.37. The Balaban J connectivity index is 1.76. The first kappa shape index (κ1) is 13.6. The molecule has 2 aromatic rings. The van der Waals surface area contributed by atoms with Gasteiger partial charge in [0.15, 0.2) is 11.3 Å². The maximum Gasteiger partial charge on any atom is 0.306 e. The molecule has 0 saturated carbocycles. The van der Waals surface area contributed by atoms with Gasteiger partial charge in [0.1, 0.15) is 5.52 Å². The van der Waals surface area contributed by atoms with E-state index in [0.717, 1.165) is 5.69 Å². The second-order valence-electron chi connectivity index (χ2n) is 5.35. The highest BCUT2D eigenvalue weighted by Gasteiger charge is 2.28. The van der Waals surface area contributed by atoms with Crippen LogP contribution in [-0.4, -0.2) is 40.0 Å². The van der Waals surface area contributed by atoms with Gasteiger partial charge in [-0.25, -0.2) is 4.98 Å². The van der Waals surface area contributed by atoms with Crippen LogP contribution >= 0.6 is 0 Å². The monoisotopic (exact) mass is 288 g/mol. The lowest BCUT2D eigenvalue weighted by Gasteiger charge is -2.29. The minimum atomic E-state index is -0.787. The van der Waals surface area contributed by atoms with Gasteiger partial charge >= 0.3 is 5.97 Å². The molecule has 110 valence electrons. The topological polar surface area (TPSA) is 83.6 Å². The van der Waals surface area contributed by atoms with Gasteiger partial charge in [-0.3, -0.25) is 9.59 Å². The molecule has 1 aliphatic heterocycles. The lowest BCUT2D eigenvalue weighted by Crippen LogP contribution is -2.40. The summed E-state index contributed by atoms with van der Waals surface area (Å²) in [5, 5.41) is 8.97. The fraction of sp³-hybridized carbons (Fsp3) is 0.400. The number of amides is 1. The second kappa shape index (κ2) is 5.20. The van der Waals surface area contributed by atoms with Gasteiger partial charge in [-0.2, -0.15) is 0 Å². The van der Waals surface area contributed by atoms with E-state index in [2.05, 4.69) is 4.98 Å². The number of rotatable bonds is 2. The van der Waals surface area contributed by atoms with Gasteiger partial charge in [-0.05, 0) is 31.9 Å². The molecule has 3 rings (SSSR count). The van der Waals surface area contributed by atoms with E-state index < -0.39 is 5.97 Å². The molecule has 0 spiro atoms. The summed E-state index contributed by atoms with van der Waals surface area (Å²) in [5.41, 5.74) is 2.12. The number of likely N-dealkylation sites (tertiary alicyclic amines) is 1. The molecule has 1 saturated heterocycles. The maximum atomic E-state index is 12.4. The van der Waals surface area contributed by atoms with Crippen molar-refractivity contribution >= 4 is 23.0 Å². The van der Waals surface area contributed by atoms with E-state index in [0.29, 0.717) is 37.0 Å². The average Bonchev–Trinajstić information content (AvgIpc) is 2.89. The number of aryl methyl sites for hydroxylation is 1. The smallest absolute Gasteiger partial charge is 0.306 e. The van der Waals surface area contributed by atoms with Gasteiger partial charge in [-0.15, -0.1) is 0 Å². The van der Waals surface area contributed by atoms with Crippen molar-refractivity contribution < 1.29 is 19.1 Å². The van der Waals surface area contributed by atoms with E-state index >= 15 is 0 Å². The third kappa shape index (κ3) is 2.61. The number of carboxylic acids is 1. The first-order valence-corrected chi connectivity index (χ1v) is 6.94. The van der Waals surface area contributed by atoms with Crippen molar-refractivity contribution in [3.63, 3.8) is 0 Å². The molecule has 2 aromatic heterocycles. The first-order chi connectivity index (χ1) is 10.0. The fourth-order valence-electron chi connectivity index (χ4n) is 2.62. The van der Waals surface area contributed by atoms with Gasteiger partial charge in [0.05, 0.1) is 5.92 Å². The zero-order valence-electron chi connectivity index (χ0n) is 11.7. The van der Waals surface area contributed by atoms with Crippen molar-refractivity contribution in [3.05, 3.63) is 29.7 Å². The Kier molecular flexibility index (Phi) is 3.37. The molecular formula is C15H16N2O4. The maximum absolute atomic E-state index is 12.4. The van der Waals surface area contributed by atoms with Crippen LogP contribution in [0.15, 0.2) is 22.6 Å². The minimum Gasteiger partial charge on any atom is -0.481 e. The molecule has 1 amide bonds. The quantitative estimate of drug-likeness (QED) is 0.914. The summed E-state index contributed by atoms with van der Waals surface area (Å²) in [4.78, 5) is 29.3. The van der Waals surface area contributed by atoms with Crippen molar-refractivity contribution in [1.29, 1.82) is 0 Å². The predicted octanol–water partition coefficient (Wildman–Crippen LogP) is 2.07. The number of furan rings is 1. The third-order valence-corrected chi connectivity index (χ3v) is 3.86. The standard InChI is InChI=1S/C15H16N2O4/c1-9-2-3-12-11(16-9)8-13(21-12)14(18)17-6-4-10(5-7-17)15(19)20/h2-3,8,10H,4-7H2,1H3,(H,19,20). The van der Waals surface area contributed by atoms with Gasteiger partial charge in [0, 0.05) is 24.8 Å². The van der Waals surface area contributed by atoms with Gasteiger partial charge in [0.25, 0.3) is 5.91 Å². The third-order valence-electron chi connectivity index (χ3n) is 3.86. The van der Waals surface area contributed by atoms with Crippen LogP contribution in [0.5, 0.6) is 0 Å². The highest BCUT2D eigenvalue weighted by Crippen LogP contribution is 2.22. The number of pyridine rings is 1. The van der Waals surface area contributed by atoms with Crippen molar-refractivity contribution in [1.82, 2.24) is 9.88 Å². The van der Waals surface area contributed by atoms with Crippen LogP contribution in [-0.2, 0) is 4.79 Å². The molecule has 3 heterocycles. The highest BCUT2D eigenvalue weighted by molar-refractivity contribution is 5.95. The Morgan fingerprint density at radius 3 is 2.71 bits per heavy atom. The zero-order chi connectivity index (χ0) is 15.0. The number of carboxylic acid groups (broad SMARTS) is 1. The Morgan fingerprint density at radius 2 is 2.05 bits per heavy atom. The van der Waals surface area contributed by atoms with Crippen LogP contribution in [0, 0.1) is 12.8 Å². The molecule has 0 bridgehead atoms. The van der Waals surface area contributed by atoms with Crippen LogP contribution in [0.1, 0.15) is 29.1 Å². The van der Waals surface area contributed by atoms with Crippen LogP contribution < -0.4 is 0 Å². The molecular weight excluding hydrogens is 272 g/mol. The number of hydrogen-bond donors (Lipinski definition) is 1. The number of hydrogen-bond acceptors (Lipinski definition) is 4. The van der Waals surface area contributed by atoms with E-state index in [4.69, 9.17) is 9.52 Å². The summed E-state index contributed by atoms with van der Waals surface area (Å²) in [6, 6.07) is 5.28. The van der Waals surface area contributed by atoms with Crippen LogP contribution in [0.4, 0.5) is 0 Å². The number of piperidine rings is 1. The molecule has 1 fully saturated rings. The van der Waals surface area contributed by atoms with E-state index in [1.54, 1.807) is 17.0 Å². The van der Waals surface area contributed by atoms with Gasteiger partial charge < -0.3 is 14.4 Å². The van der Waals surface area contributed by atoms with Crippen molar-refractivity contribution in [2.75, 3.05) is 13.1 Å². The van der Waals surface area contributed by atoms with E-state index in [1.807, 2.05) is 13.0 Å². The number of fused-ring (bicyclic) bond motifs is 1. The molecule has 21 heavy (non-hydrogen) atoms. The Bertz CT molecular complexity index is 699. The number of carbonyl (C=O) groups is 2. The van der Waals surface area contributed by atoms with Crippen molar-refractivity contribution in [2.24, 2.45) is 5.92 Å². The summed E-state index contributed by atoms with van der Waals surface area (Å²) >= 11 is 0. The average molecular weight is 288 g/mol. The lowest BCUT2D eigenvalue weighted by atomic mass is 9.97. The molecule has 0 radical (unpaired) electrons. The summed E-state index contributed by atoms with van der Waals surface area (Å²) < 4.78 is 5.54. The van der Waals surface area contributed by atoms with E-state index in [-0.39, 0.29) is 17.6 Å². The fourth-order valence-corrected chi connectivity index (χ4v) is 2.62. The number of aromatic nitrogens is 1. The van der Waals surface area contributed by atoms with E-state index in [9.17, 15) is 9.59 Å². The van der Waals surface area contributed by atoms with Crippen molar-refractivity contribution in [3.8, 4) is 0 Å². The first-order valence-electron chi connectivity index (χ1n) is 6.94. The van der Waals surface area contributed by atoms with E-state index in [1.165, 1.54) is 0 Å². The summed E-state index contributed by atoms with van der Waals surface area (Å²) in [6.07, 6.45) is 0.970. The van der Waals surface area contributed by atoms with Gasteiger partial charge in [-0.1, -0.05) is 0 Å². The highest BCUT2D eigenvalue weighted by atomic mass is 16.4. The molecule has 6 nitrogen and oxygen atoms in total. The van der Waals surface area contributed by atoms with Crippen LogP contribution in [0.2, 0.25) is 0 Å². The predicted molar refractivity (Wildman–Crippen MR) is 75.0 cm³/mol. The number of carbonyl (C=O) groups excluding carboxylic acids is 1. The zero-order valence-corrected chi connectivity index (χ0v) is 11.7. The lowest BCUT2D eigenvalue weighted by molar-refractivity contribution is -0.143. The Morgan fingerprint density at radius 1 is 1.33 bits per heavy atom. The van der Waals surface area contributed by atoms with Crippen LogP contribution in [0.25, 0.3) is 11.1 Å². The summed E-state index contributed by atoms with van der Waals surface area (Å²) in [5.74, 6) is -1.08. The Labute approximate surface area is 121 Å². The molecule has 0 atom stereocenters. The van der Waals surface area contributed by atoms with Crippen molar-refractivity contribution in [2.45, 2.75) is 19.8 Å². The van der Waals surface area contributed by atoms with Crippen LogP contribution in [0.3, 0.4) is 0 Å². The molecule has 0 aliphatic carbocycles. The number of nitrogens with zero attached hydrogens (tertiary/aromatic N) is 2. The molecule has 0 aromatic carbocycles. The summed E-state index contributed by atoms with van der Waals surface area (Å²) in [6.45, 7) is 2.77.